The Bertz CT molecular complexity index is 542. The quantitative estimate of drug-likeness (QED) is 0.736. The van der Waals surface area contributed by atoms with Crippen LogP contribution in [0, 0.1) is 13.8 Å². The Morgan fingerprint density at radius 3 is 2.47 bits per heavy atom. The summed E-state index contributed by atoms with van der Waals surface area (Å²) in [6.45, 7) is 6.01. The van der Waals surface area contributed by atoms with E-state index in [-0.39, 0.29) is 0 Å². The number of aliphatic imine (C=N–C) groups is 1. The van der Waals surface area contributed by atoms with Crippen molar-refractivity contribution in [2.45, 2.75) is 20.8 Å². The first kappa shape index (κ1) is 11.5. The molecule has 0 N–H and O–H groups in total. The van der Waals surface area contributed by atoms with Crippen molar-refractivity contribution in [2.24, 2.45) is 4.99 Å². The molecular weight excluding hydrogens is 210 g/mol. The Morgan fingerprint density at radius 2 is 1.82 bits per heavy atom. The van der Waals surface area contributed by atoms with Crippen LogP contribution in [0.5, 0.6) is 0 Å². The molecule has 0 atom stereocenters. The smallest absolute Gasteiger partial charge is 0.115 e. The molecule has 0 aliphatic carbocycles. The van der Waals surface area contributed by atoms with Gasteiger partial charge < -0.3 is 0 Å². The molecule has 0 saturated heterocycles. The number of hydrogen-bond acceptors (Lipinski definition) is 3. The summed E-state index contributed by atoms with van der Waals surface area (Å²) in [6.07, 6.45) is 3.35. The summed E-state index contributed by atoms with van der Waals surface area (Å²) in [5.74, 6) is 0. The van der Waals surface area contributed by atoms with Gasteiger partial charge in [-0.05, 0) is 32.9 Å². The third kappa shape index (κ3) is 2.75. The van der Waals surface area contributed by atoms with Gasteiger partial charge in [0, 0.05) is 23.2 Å². The van der Waals surface area contributed by atoms with Gasteiger partial charge in [-0.15, -0.1) is 0 Å². The molecule has 0 unspecified atom stereocenters. The maximum absolute atomic E-state index is 4.57. The summed E-state index contributed by atoms with van der Waals surface area (Å²) in [6, 6.07) is 8.14. The summed E-state index contributed by atoms with van der Waals surface area (Å²) < 4.78 is 0. The first-order chi connectivity index (χ1) is 8.16. The van der Waals surface area contributed by atoms with Crippen LogP contribution in [-0.2, 0) is 0 Å². The van der Waals surface area contributed by atoms with E-state index in [2.05, 4.69) is 34.0 Å². The van der Waals surface area contributed by atoms with E-state index in [0.29, 0.717) is 0 Å². The fourth-order valence-corrected chi connectivity index (χ4v) is 1.62. The van der Waals surface area contributed by atoms with Crippen LogP contribution in [0.3, 0.4) is 0 Å². The van der Waals surface area contributed by atoms with Crippen molar-refractivity contribution >= 4 is 11.4 Å². The fourth-order valence-electron chi connectivity index (χ4n) is 1.62. The molecule has 0 radical (unpaired) electrons. The van der Waals surface area contributed by atoms with Crippen LogP contribution in [0.15, 0.2) is 41.8 Å². The summed E-state index contributed by atoms with van der Waals surface area (Å²) in [4.78, 5) is 12.8. The maximum Gasteiger partial charge on any atom is 0.115 e. The Balaban J connectivity index is 2.34. The van der Waals surface area contributed by atoms with Gasteiger partial charge in [-0.25, -0.2) is 9.97 Å². The molecule has 1 heterocycles. The van der Waals surface area contributed by atoms with Crippen molar-refractivity contribution in [2.75, 3.05) is 0 Å². The molecule has 0 bridgehead atoms. The normalized spacial score (nSPS) is 11.6. The lowest BCUT2D eigenvalue weighted by atomic mass is 10.1. The van der Waals surface area contributed by atoms with Gasteiger partial charge in [-0.1, -0.05) is 17.7 Å². The van der Waals surface area contributed by atoms with Gasteiger partial charge in [0.05, 0.1) is 5.69 Å². The molecule has 3 heteroatoms. The van der Waals surface area contributed by atoms with Crippen LogP contribution in [0.4, 0.5) is 5.69 Å². The number of hydrogen-bond donors (Lipinski definition) is 0. The second-order valence-corrected chi connectivity index (χ2v) is 4.05. The lowest BCUT2D eigenvalue weighted by Gasteiger charge is -2.03. The first-order valence-corrected chi connectivity index (χ1v) is 5.56. The molecule has 0 spiro atoms. The van der Waals surface area contributed by atoms with Gasteiger partial charge in [-0.2, -0.15) is 0 Å². The summed E-state index contributed by atoms with van der Waals surface area (Å²) in [5.41, 5.74) is 5.07. The maximum atomic E-state index is 4.57. The Hall–Kier alpha value is -2.03. The molecular formula is C14H15N3. The lowest BCUT2D eigenvalue weighted by Crippen LogP contribution is -2.00. The van der Waals surface area contributed by atoms with Crippen LogP contribution in [-0.4, -0.2) is 15.7 Å². The van der Waals surface area contributed by atoms with E-state index < -0.39 is 0 Å². The minimum atomic E-state index is 0.937. The molecule has 0 fully saturated rings. The standard InChI is InChI=1S/C14H15N3/c1-10-4-6-13(7-5-10)17-12(3)14-8-15-9-16-11(14)2/h4-9H,1-3H3. The van der Waals surface area contributed by atoms with E-state index in [0.717, 1.165) is 22.7 Å². The highest BCUT2D eigenvalue weighted by Crippen LogP contribution is 2.15. The van der Waals surface area contributed by atoms with E-state index in [1.54, 1.807) is 12.5 Å². The summed E-state index contributed by atoms with van der Waals surface area (Å²) >= 11 is 0. The predicted molar refractivity (Wildman–Crippen MR) is 69.8 cm³/mol. The van der Waals surface area contributed by atoms with Gasteiger partial charge >= 0.3 is 0 Å². The topological polar surface area (TPSA) is 38.1 Å². The van der Waals surface area contributed by atoms with E-state index in [1.807, 2.05) is 26.0 Å². The average molecular weight is 225 g/mol. The number of aryl methyl sites for hydroxylation is 2. The molecule has 0 aliphatic heterocycles. The van der Waals surface area contributed by atoms with E-state index in [4.69, 9.17) is 0 Å². The first-order valence-electron chi connectivity index (χ1n) is 5.56. The van der Waals surface area contributed by atoms with Crippen LogP contribution < -0.4 is 0 Å². The van der Waals surface area contributed by atoms with E-state index in [1.165, 1.54) is 5.56 Å². The molecule has 1 aromatic heterocycles. The average Bonchev–Trinajstić information content (AvgIpc) is 2.32. The van der Waals surface area contributed by atoms with Gasteiger partial charge in [0.1, 0.15) is 6.33 Å². The number of aromatic nitrogens is 2. The third-order valence-corrected chi connectivity index (χ3v) is 2.63. The minimum absolute atomic E-state index is 0.937. The van der Waals surface area contributed by atoms with Crippen molar-refractivity contribution in [3.8, 4) is 0 Å². The SMILES string of the molecule is CC(=Nc1ccc(C)cc1)c1cncnc1C. The predicted octanol–water partition coefficient (Wildman–Crippen LogP) is 3.23. The lowest BCUT2D eigenvalue weighted by molar-refractivity contribution is 1.09. The van der Waals surface area contributed by atoms with E-state index >= 15 is 0 Å². The van der Waals surface area contributed by atoms with Crippen LogP contribution >= 0.6 is 0 Å². The second-order valence-electron chi connectivity index (χ2n) is 4.05. The second kappa shape index (κ2) is 4.87. The Kier molecular flexibility index (Phi) is 3.28. The van der Waals surface area contributed by atoms with Crippen molar-refractivity contribution in [1.29, 1.82) is 0 Å². The molecule has 0 amide bonds. The van der Waals surface area contributed by atoms with Crippen LogP contribution in [0.2, 0.25) is 0 Å². The van der Waals surface area contributed by atoms with Crippen LogP contribution in [0.25, 0.3) is 0 Å². The van der Waals surface area contributed by atoms with Gasteiger partial charge in [0.15, 0.2) is 0 Å². The van der Waals surface area contributed by atoms with Gasteiger partial charge in [0.2, 0.25) is 0 Å². The number of rotatable bonds is 2. The van der Waals surface area contributed by atoms with Crippen molar-refractivity contribution in [3.05, 3.63) is 53.6 Å². The van der Waals surface area contributed by atoms with Gasteiger partial charge in [0.25, 0.3) is 0 Å². The molecule has 17 heavy (non-hydrogen) atoms. The summed E-state index contributed by atoms with van der Waals surface area (Å²) in [7, 11) is 0. The largest absolute Gasteiger partial charge is 0.253 e. The minimum Gasteiger partial charge on any atom is -0.253 e. The number of nitrogens with zero attached hydrogens (tertiary/aromatic N) is 3. The highest BCUT2D eigenvalue weighted by molar-refractivity contribution is 6.00. The van der Waals surface area contributed by atoms with Crippen LogP contribution in [0.1, 0.15) is 23.7 Å². The molecule has 86 valence electrons. The summed E-state index contributed by atoms with van der Waals surface area (Å²) in [5, 5.41) is 0. The Morgan fingerprint density at radius 1 is 1.12 bits per heavy atom. The molecule has 2 rings (SSSR count). The molecule has 1 aromatic carbocycles. The molecule has 3 nitrogen and oxygen atoms in total. The fraction of sp³-hybridized carbons (Fsp3) is 0.214. The Labute approximate surface area is 101 Å². The zero-order valence-electron chi connectivity index (χ0n) is 10.3. The number of benzene rings is 1. The third-order valence-electron chi connectivity index (χ3n) is 2.63. The zero-order valence-corrected chi connectivity index (χ0v) is 10.3. The van der Waals surface area contributed by atoms with Gasteiger partial charge in [-0.3, -0.25) is 4.99 Å². The van der Waals surface area contributed by atoms with Crippen molar-refractivity contribution in [1.82, 2.24) is 9.97 Å². The highest BCUT2D eigenvalue weighted by Gasteiger charge is 2.02. The highest BCUT2D eigenvalue weighted by atomic mass is 14.8. The van der Waals surface area contributed by atoms with Crippen molar-refractivity contribution in [3.63, 3.8) is 0 Å². The van der Waals surface area contributed by atoms with E-state index in [9.17, 15) is 0 Å². The zero-order chi connectivity index (χ0) is 12.3. The molecule has 2 aromatic rings. The molecule has 0 saturated carbocycles. The molecule has 0 aliphatic rings. The monoisotopic (exact) mass is 225 g/mol. The van der Waals surface area contributed by atoms with Crippen molar-refractivity contribution < 1.29 is 0 Å².